The van der Waals surface area contributed by atoms with Crippen LogP contribution in [0.4, 0.5) is 29.1 Å². The summed E-state index contributed by atoms with van der Waals surface area (Å²) in [6.07, 6.45) is 5.55. The average Bonchev–Trinajstić information content (AvgIpc) is 3.31. The third kappa shape index (κ3) is 6.40. The standard InChI is InChI=1S/C26H26F4N6O2.ClH/c1-3-15-12-16(4-5-17(15)25(37)34-14(2)8-9-31)35-23-24-33-13-19(36(24)11-10-32-23)18-6-7-20(38-26(29)30)22(28)21(18)27;/h4-7,10-14,26H,3,8-9,31H2,1-2H3,(H,32,35)(H,34,37);1H. The summed E-state index contributed by atoms with van der Waals surface area (Å²) in [5, 5.41) is 6.09. The second-order valence-corrected chi connectivity index (χ2v) is 8.53. The molecule has 4 rings (SSSR count). The molecule has 2 heterocycles. The number of nitrogens with two attached hydrogens (primary N) is 1. The number of nitrogens with one attached hydrogen (secondary N) is 2. The summed E-state index contributed by atoms with van der Waals surface area (Å²) in [5.41, 5.74) is 7.87. The third-order valence-electron chi connectivity index (χ3n) is 5.94. The first kappa shape index (κ1) is 29.7. The molecule has 4 aromatic rings. The molecule has 39 heavy (non-hydrogen) atoms. The van der Waals surface area contributed by atoms with E-state index in [0.717, 1.165) is 17.7 Å². The number of hydrogen-bond donors (Lipinski definition) is 3. The number of nitrogens with zero attached hydrogens (tertiary/aromatic N) is 3. The van der Waals surface area contributed by atoms with E-state index in [2.05, 4.69) is 25.3 Å². The minimum atomic E-state index is -3.29. The van der Waals surface area contributed by atoms with E-state index in [1.54, 1.807) is 12.1 Å². The van der Waals surface area contributed by atoms with E-state index in [-0.39, 0.29) is 35.6 Å². The van der Waals surface area contributed by atoms with Gasteiger partial charge in [-0.2, -0.15) is 13.2 Å². The van der Waals surface area contributed by atoms with Crippen LogP contribution in [0.3, 0.4) is 0 Å². The molecule has 0 spiro atoms. The van der Waals surface area contributed by atoms with E-state index in [9.17, 15) is 22.4 Å². The van der Waals surface area contributed by atoms with Gasteiger partial charge in [-0.1, -0.05) is 6.92 Å². The molecule has 1 atom stereocenters. The quantitative estimate of drug-likeness (QED) is 0.220. The number of halogens is 5. The molecule has 0 radical (unpaired) electrons. The van der Waals surface area contributed by atoms with Gasteiger partial charge < -0.3 is 21.1 Å². The largest absolute Gasteiger partial charge is 0.432 e. The molecule has 0 saturated carbocycles. The maximum absolute atomic E-state index is 14.7. The van der Waals surface area contributed by atoms with Gasteiger partial charge in [-0.25, -0.2) is 14.4 Å². The molecular weight excluding hydrogens is 540 g/mol. The zero-order chi connectivity index (χ0) is 27.4. The molecule has 0 aliphatic heterocycles. The Kier molecular flexibility index (Phi) is 9.71. The number of fused-ring (bicyclic) bond motifs is 1. The van der Waals surface area contributed by atoms with Crippen molar-refractivity contribution < 1.29 is 27.1 Å². The van der Waals surface area contributed by atoms with Gasteiger partial charge in [0.15, 0.2) is 23.0 Å². The number of aromatic nitrogens is 3. The van der Waals surface area contributed by atoms with Crippen LogP contribution in [0.2, 0.25) is 0 Å². The van der Waals surface area contributed by atoms with Gasteiger partial charge in [-0.3, -0.25) is 9.20 Å². The van der Waals surface area contributed by atoms with Crippen molar-refractivity contribution in [3.63, 3.8) is 0 Å². The highest BCUT2D eigenvalue weighted by molar-refractivity contribution is 5.96. The molecular formula is C26H27ClF4N6O2. The van der Waals surface area contributed by atoms with E-state index in [4.69, 9.17) is 5.73 Å². The predicted octanol–water partition coefficient (Wildman–Crippen LogP) is 5.47. The summed E-state index contributed by atoms with van der Waals surface area (Å²) in [5.74, 6) is -3.63. The lowest BCUT2D eigenvalue weighted by Crippen LogP contribution is -2.34. The van der Waals surface area contributed by atoms with Crippen molar-refractivity contribution >= 4 is 35.5 Å². The summed E-state index contributed by atoms with van der Waals surface area (Å²) in [6, 6.07) is 7.28. The first-order chi connectivity index (χ1) is 18.2. The molecule has 13 heteroatoms. The Morgan fingerprint density at radius 1 is 1.15 bits per heavy atom. The first-order valence-corrected chi connectivity index (χ1v) is 11.9. The van der Waals surface area contributed by atoms with E-state index in [0.29, 0.717) is 42.1 Å². The number of aryl methyl sites for hydroxylation is 1. The van der Waals surface area contributed by atoms with Crippen molar-refractivity contribution in [2.24, 2.45) is 5.73 Å². The molecule has 8 nitrogen and oxygen atoms in total. The molecule has 0 aliphatic rings. The van der Waals surface area contributed by atoms with Crippen LogP contribution in [0, 0.1) is 11.6 Å². The van der Waals surface area contributed by atoms with Crippen molar-refractivity contribution in [1.82, 2.24) is 19.7 Å². The Bertz CT molecular complexity index is 1470. The molecule has 0 saturated heterocycles. The SMILES string of the molecule is CCc1cc(Nc2nccn3c(-c4ccc(OC(F)F)c(F)c4F)cnc23)ccc1C(=O)NC(C)CCN.Cl. The highest BCUT2D eigenvalue weighted by Crippen LogP contribution is 2.32. The van der Waals surface area contributed by atoms with E-state index in [1.165, 1.54) is 23.0 Å². The minimum absolute atomic E-state index is 0. The Morgan fingerprint density at radius 3 is 2.62 bits per heavy atom. The molecule has 4 N–H and O–H groups in total. The van der Waals surface area contributed by atoms with Crippen molar-refractivity contribution in [2.75, 3.05) is 11.9 Å². The molecule has 2 aromatic carbocycles. The Labute approximate surface area is 228 Å². The lowest BCUT2D eigenvalue weighted by atomic mass is 10.0. The van der Waals surface area contributed by atoms with Crippen LogP contribution in [0.15, 0.2) is 48.9 Å². The summed E-state index contributed by atoms with van der Waals surface area (Å²) in [6.45, 7) is 1.01. The zero-order valence-corrected chi connectivity index (χ0v) is 21.9. The normalized spacial score (nSPS) is 11.8. The number of benzene rings is 2. The highest BCUT2D eigenvalue weighted by Gasteiger charge is 2.21. The van der Waals surface area contributed by atoms with Crippen molar-refractivity contribution in [2.45, 2.75) is 39.3 Å². The number of alkyl halides is 2. The number of ether oxygens (including phenoxy) is 1. The zero-order valence-electron chi connectivity index (χ0n) is 21.1. The fourth-order valence-electron chi connectivity index (χ4n) is 4.07. The van der Waals surface area contributed by atoms with Gasteiger partial charge in [-0.05, 0) is 62.2 Å². The van der Waals surface area contributed by atoms with Crippen LogP contribution in [-0.4, -0.2) is 39.5 Å². The molecule has 1 unspecified atom stereocenters. The molecule has 1 amide bonds. The highest BCUT2D eigenvalue weighted by atomic mass is 35.5. The van der Waals surface area contributed by atoms with Crippen molar-refractivity contribution in [1.29, 1.82) is 0 Å². The maximum atomic E-state index is 14.7. The smallest absolute Gasteiger partial charge is 0.387 e. The monoisotopic (exact) mass is 566 g/mol. The van der Waals surface area contributed by atoms with Gasteiger partial charge in [0.05, 0.1) is 11.9 Å². The summed E-state index contributed by atoms with van der Waals surface area (Å²) < 4.78 is 59.5. The fraction of sp³-hybridized carbons (Fsp3) is 0.269. The number of rotatable bonds is 10. The second-order valence-electron chi connectivity index (χ2n) is 8.53. The molecule has 208 valence electrons. The molecule has 0 fully saturated rings. The number of anilines is 2. The molecule has 0 bridgehead atoms. The third-order valence-corrected chi connectivity index (χ3v) is 5.94. The lowest BCUT2D eigenvalue weighted by molar-refractivity contribution is -0.0525. The second kappa shape index (κ2) is 12.8. The summed E-state index contributed by atoms with van der Waals surface area (Å²) >= 11 is 0. The van der Waals surface area contributed by atoms with Crippen LogP contribution in [0.1, 0.15) is 36.2 Å². The molecule has 2 aromatic heterocycles. The van der Waals surface area contributed by atoms with Crippen LogP contribution in [-0.2, 0) is 6.42 Å². The van der Waals surface area contributed by atoms with Gasteiger partial charge in [-0.15, -0.1) is 12.4 Å². The van der Waals surface area contributed by atoms with Gasteiger partial charge in [0.1, 0.15) is 0 Å². The number of carbonyl (C=O) groups excluding carboxylic acids is 1. The molecule has 0 aliphatic carbocycles. The number of imidazole rings is 1. The summed E-state index contributed by atoms with van der Waals surface area (Å²) in [7, 11) is 0. The first-order valence-electron chi connectivity index (χ1n) is 11.9. The van der Waals surface area contributed by atoms with E-state index >= 15 is 0 Å². The van der Waals surface area contributed by atoms with Gasteiger partial charge >= 0.3 is 6.61 Å². The Morgan fingerprint density at radius 2 is 1.92 bits per heavy atom. The minimum Gasteiger partial charge on any atom is -0.432 e. The topological polar surface area (TPSA) is 107 Å². The van der Waals surface area contributed by atoms with Crippen LogP contribution in [0.25, 0.3) is 16.9 Å². The number of hydrogen-bond acceptors (Lipinski definition) is 6. The summed E-state index contributed by atoms with van der Waals surface area (Å²) in [4.78, 5) is 21.3. The van der Waals surface area contributed by atoms with Crippen LogP contribution < -0.4 is 21.1 Å². The van der Waals surface area contributed by atoms with Gasteiger partial charge in [0, 0.05) is 35.2 Å². The van der Waals surface area contributed by atoms with Gasteiger partial charge in [0.25, 0.3) is 5.91 Å². The fourth-order valence-corrected chi connectivity index (χ4v) is 4.07. The number of amides is 1. The lowest BCUT2D eigenvalue weighted by Gasteiger charge is -2.16. The predicted molar refractivity (Wildman–Crippen MR) is 142 cm³/mol. The van der Waals surface area contributed by atoms with Gasteiger partial charge in [0.2, 0.25) is 5.82 Å². The van der Waals surface area contributed by atoms with Crippen LogP contribution in [0.5, 0.6) is 5.75 Å². The van der Waals surface area contributed by atoms with Crippen molar-refractivity contribution in [3.05, 3.63) is 71.7 Å². The van der Waals surface area contributed by atoms with E-state index < -0.39 is 24.0 Å². The van der Waals surface area contributed by atoms with Crippen LogP contribution >= 0.6 is 12.4 Å². The van der Waals surface area contributed by atoms with E-state index in [1.807, 2.05) is 19.9 Å². The number of carbonyl (C=O) groups is 1. The Balaban J connectivity index is 0.00000420. The van der Waals surface area contributed by atoms with Crippen molar-refractivity contribution in [3.8, 4) is 17.0 Å². The average molecular weight is 567 g/mol. The maximum Gasteiger partial charge on any atom is 0.387 e. The Hall–Kier alpha value is -3.90.